The Labute approximate surface area is 188 Å². The number of benzene rings is 2. The number of fused-ring (bicyclic) bond motifs is 1. The van der Waals surface area contributed by atoms with Gasteiger partial charge in [0.2, 0.25) is 5.91 Å². The lowest BCUT2D eigenvalue weighted by atomic mass is 9.92. The lowest BCUT2D eigenvalue weighted by Gasteiger charge is -2.28. The van der Waals surface area contributed by atoms with Crippen molar-refractivity contribution < 1.29 is 14.3 Å². The van der Waals surface area contributed by atoms with Gasteiger partial charge in [0.1, 0.15) is 12.4 Å². The van der Waals surface area contributed by atoms with Crippen LogP contribution in [0.1, 0.15) is 39.7 Å². The van der Waals surface area contributed by atoms with E-state index in [9.17, 15) is 9.59 Å². The summed E-state index contributed by atoms with van der Waals surface area (Å²) in [5.74, 6) is 1.13. The van der Waals surface area contributed by atoms with Crippen LogP contribution in [0.5, 0.6) is 5.75 Å². The molecular formula is C24H30ClN3O3. The summed E-state index contributed by atoms with van der Waals surface area (Å²) in [6, 6.07) is 12.4. The molecule has 0 saturated carbocycles. The van der Waals surface area contributed by atoms with E-state index in [1.165, 1.54) is 0 Å². The highest BCUT2D eigenvalue weighted by atomic mass is 35.5. The number of anilines is 2. The molecule has 3 rings (SSSR count). The average molecular weight is 444 g/mol. The van der Waals surface area contributed by atoms with Crippen LogP contribution < -0.4 is 20.3 Å². The second kappa shape index (κ2) is 9.60. The SMILES string of the molecule is CC(C)CCN1C(=O)C(C)(C)COc2cc(NC(=O)NCc3ccc(Cl)cc3)ccc21. The number of amides is 3. The summed E-state index contributed by atoms with van der Waals surface area (Å²) in [4.78, 5) is 27.2. The van der Waals surface area contributed by atoms with Gasteiger partial charge in [0.25, 0.3) is 0 Å². The van der Waals surface area contributed by atoms with Crippen molar-refractivity contribution in [3.8, 4) is 5.75 Å². The topological polar surface area (TPSA) is 70.7 Å². The van der Waals surface area contributed by atoms with Gasteiger partial charge in [0.05, 0.1) is 11.1 Å². The molecule has 3 amide bonds. The summed E-state index contributed by atoms with van der Waals surface area (Å²) in [5.41, 5.74) is 1.66. The van der Waals surface area contributed by atoms with Crippen molar-refractivity contribution in [3.63, 3.8) is 0 Å². The van der Waals surface area contributed by atoms with E-state index in [0.29, 0.717) is 35.5 Å². The first-order chi connectivity index (χ1) is 14.7. The smallest absolute Gasteiger partial charge is 0.319 e. The summed E-state index contributed by atoms with van der Waals surface area (Å²) in [7, 11) is 0. The van der Waals surface area contributed by atoms with Crippen molar-refractivity contribution in [3.05, 3.63) is 53.1 Å². The van der Waals surface area contributed by atoms with Crippen molar-refractivity contribution in [1.82, 2.24) is 5.32 Å². The largest absolute Gasteiger partial charge is 0.490 e. The third-order valence-corrected chi connectivity index (χ3v) is 5.47. The van der Waals surface area contributed by atoms with E-state index in [1.54, 1.807) is 24.3 Å². The lowest BCUT2D eigenvalue weighted by molar-refractivity contribution is -0.127. The summed E-state index contributed by atoms with van der Waals surface area (Å²) < 4.78 is 5.99. The van der Waals surface area contributed by atoms with Crippen molar-refractivity contribution in [2.75, 3.05) is 23.4 Å². The normalized spacial score (nSPS) is 15.2. The molecule has 0 bridgehead atoms. The third-order valence-electron chi connectivity index (χ3n) is 5.22. The predicted molar refractivity (Wildman–Crippen MR) is 125 cm³/mol. The van der Waals surface area contributed by atoms with Gasteiger partial charge < -0.3 is 20.3 Å². The van der Waals surface area contributed by atoms with Gasteiger partial charge in [0, 0.05) is 29.9 Å². The minimum absolute atomic E-state index is 0.0494. The zero-order valence-corrected chi connectivity index (χ0v) is 19.3. The van der Waals surface area contributed by atoms with Crippen LogP contribution in [0, 0.1) is 11.3 Å². The molecule has 1 aliphatic rings. The Kier molecular flexibility index (Phi) is 7.11. The van der Waals surface area contributed by atoms with E-state index in [4.69, 9.17) is 16.3 Å². The monoisotopic (exact) mass is 443 g/mol. The van der Waals surface area contributed by atoms with E-state index in [2.05, 4.69) is 24.5 Å². The highest BCUT2D eigenvalue weighted by molar-refractivity contribution is 6.30. The summed E-state index contributed by atoms with van der Waals surface area (Å²) in [6.07, 6.45) is 0.897. The molecule has 6 nitrogen and oxygen atoms in total. The number of nitrogens with one attached hydrogen (secondary N) is 2. The highest BCUT2D eigenvalue weighted by Gasteiger charge is 2.37. The van der Waals surface area contributed by atoms with Gasteiger partial charge in [-0.2, -0.15) is 0 Å². The van der Waals surface area contributed by atoms with Crippen LogP contribution in [0.15, 0.2) is 42.5 Å². The maximum atomic E-state index is 13.1. The van der Waals surface area contributed by atoms with E-state index in [0.717, 1.165) is 17.7 Å². The zero-order valence-electron chi connectivity index (χ0n) is 18.5. The fraction of sp³-hybridized carbons (Fsp3) is 0.417. The Balaban J connectivity index is 1.72. The molecule has 1 aliphatic heterocycles. The van der Waals surface area contributed by atoms with E-state index in [1.807, 2.05) is 36.9 Å². The number of urea groups is 1. The molecule has 1 heterocycles. The van der Waals surface area contributed by atoms with Crippen molar-refractivity contribution in [1.29, 1.82) is 0 Å². The van der Waals surface area contributed by atoms with Gasteiger partial charge >= 0.3 is 6.03 Å². The molecule has 31 heavy (non-hydrogen) atoms. The van der Waals surface area contributed by atoms with Gasteiger partial charge in [-0.1, -0.05) is 37.6 Å². The zero-order chi connectivity index (χ0) is 22.6. The summed E-state index contributed by atoms with van der Waals surface area (Å²) >= 11 is 5.89. The van der Waals surface area contributed by atoms with E-state index in [-0.39, 0.29) is 18.5 Å². The first kappa shape index (κ1) is 22.9. The number of nitrogens with zero attached hydrogens (tertiary/aromatic N) is 1. The van der Waals surface area contributed by atoms with E-state index >= 15 is 0 Å². The highest BCUT2D eigenvalue weighted by Crippen LogP contribution is 2.38. The number of halogens is 1. The Morgan fingerprint density at radius 2 is 1.90 bits per heavy atom. The molecule has 2 N–H and O–H groups in total. The summed E-state index contributed by atoms with van der Waals surface area (Å²) in [6.45, 7) is 9.37. The van der Waals surface area contributed by atoms with Crippen LogP contribution in [-0.4, -0.2) is 25.1 Å². The fourth-order valence-electron chi connectivity index (χ4n) is 3.29. The van der Waals surface area contributed by atoms with Gasteiger partial charge in [-0.05, 0) is 56.0 Å². The molecule has 2 aromatic rings. The Morgan fingerprint density at radius 3 is 2.58 bits per heavy atom. The van der Waals surface area contributed by atoms with Crippen molar-refractivity contribution in [2.45, 2.75) is 40.7 Å². The number of hydrogen-bond donors (Lipinski definition) is 2. The van der Waals surface area contributed by atoms with E-state index < -0.39 is 5.41 Å². The number of ether oxygens (including phenoxy) is 1. The molecule has 2 aromatic carbocycles. The molecule has 7 heteroatoms. The summed E-state index contributed by atoms with van der Waals surface area (Å²) in [5, 5.41) is 6.31. The minimum atomic E-state index is -0.625. The molecule has 0 unspecified atom stereocenters. The first-order valence-electron chi connectivity index (χ1n) is 10.5. The van der Waals surface area contributed by atoms with Crippen LogP contribution in [0.3, 0.4) is 0 Å². The average Bonchev–Trinajstić information content (AvgIpc) is 2.81. The van der Waals surface area contributed by atoms with Crippen molar-refractivity contribution in [2.24, 2.45) is 11.3 Å². The molecule has 166 valence electrons. The molecule has 0 spiro atoms. The number of carbonyl (C=O) groups excluding carboxylic acids is 2. The van der Waals surface area contributed by atoms with Gasteiger partial charge in [-0.3, -0.25) is 4.79 Å². The molecule has 0 saturated heterocycles. The second-order valence-corrected chi connectivity index (χ2v) is 9.36. The minimum Gasteiger partial charge on any atom is -0.490 e. The Bertz CT molecular complexity index is 942. The van der Waals surface area contributed by atoms with Crippen LogP contribution in [0.2, 0.25) is 5.02 Å². The molecule has 0 radical (unpaired) electrons. The quantitative estimate of drug-likeness (QED) is 0.622. The van der Waals surface area contributed by atoms with Crippen LogP contribution in [0.4, 0.5) is 16.2 Å². The molecule has 0 aliphatic carbocycles. The maximum Gasteiger partial charge on any atom is 0.319 e. The van der Waals surface area contributed by atoms with Gasteiger partial charge in [-0.15, -0.1) is 0 Å². The van der Waals surface area contributed by atoms with Crippen molar-refractivity contribution >= 4 is 34.9 Å². The maximum absolute atomic E-state index is 13.1. The Morgan fingerprint density at radius 1 is 1.19 bits per heavy atom. The predicted octanol–water partition coefficient (Wildman–Crippen LogP) is 5.46. The van der Waals surface area contributed by atoms with Gasteiger partial charge in [-0.25, -0.2) is 4.79 Å². The number of carbonyl (C=O) groups is 2. The van der Waals surface area contributed by atoms with Crippen LogP contribution >= 0.6 is 11.6 Å². The van der Waals surface area contributed by atoms with Crippen LogP contribution in [-0.2, 0) is 11.3 Å². The molecule has 0 fully saturated rings. The van der Waals surface area contributed by atoms with Gasteiger partial charge in [0.15, 0.2) is 0 Å². The Hall–Kier alpha value is -2.73. The standard InChI is InChI=1S/C24H30ClN3O3/c1-16(2)11-12-28-20-10-9-19(13-21(20)31-15-24(3,4)22(28)29)27-23(30)26-14-17-5-7-18(25)8-6-17/h5-10,13,16H,11-12,14-15H2,1-4H3,(H2,26,27,30). The number of rotatable bonds is 6. The molecular weight excluding hydrogens is 414 g/mol. The second-order valence-electron chi connectivity index (χ2n) is 8.93. The van der Waals surface area contributed by atoms with Crippen LogP contribution in [0.25, 0.3) is 0 Å². The first-order valence-corrected chi connectivity index (χ1v) is 10.9. The third kappa shape index (κ3) is 5.91. The lowest BCUT2D eigenvalue weighted by Crippen LogP contribution is -2.42. The number of hydrogen-bond acceptors (Lipinski definition) is 3. The molecule has 0 aromatic heterocycles. The molecule has 0 atom stereocenters. The fourth-order valence-corrected chi connectivity index (χ4v) is 3.42.